The van der Waals surface area contributed by atoms with Crippen molar-refractivity contribution in [3.8, 4) is 0 Å². The van der Waals surface area contributed by atoms with E-state index in [1.807, 2.05) is 73.7 Å². The maximum absolute atomic E-state index is 13.2. The molecule has 0 atom stereocenters. The number of benzene rings is 2. The van der Waals surface area contributed by atoms with Gasteiger partial charge in [-0.1, -0.05) is 81.4 Å². The maximum Gasteiger partial charge on any atom is 0.267 e. The fraction of sp³-hybridized carbons (Fsp3) is 0.207. The quantitative estimate of drug-likeness (QED) is 0.215. The Labute approximate surface area is 211 Å². The fourth-order valence-corrected chi connectivity index (χ4v) is 4.54. The van der Waals surface area contributed by atoms with E-state index >= 15 is 0 Å². The molecule has 1 aliphatic heterocycles. The summed E-state index contributed by atoms with van der Waals surface area (Å²) in [5, 5.41) is 9.20. The Morgan fingerprint density at radius 3 is 2.40 bits per heavy atom. The van der Waals surface area contributed by atoms with Gasteiger partial charge in [-0.05, 0) is 64.6 Å². The largest absolute Gasteiger partial charge is 0.467 e. The lowest BCUT2D eigenvalue weighted by Crippen LogP contribution is -2.28. The van der Waals surface area contributed by atoms with Crippen molar-refractivity contribution in [3.63, 3.8) is 0 Å². The predicted molar refractivity (Wildman–Crippen MR) is 145 cm³/mol. The van der Waals surface area contributed by atoms with Crippen LogP contribution < -0.4 is 0 Å². The highest BCUT2D eigenvalue weighted by atomic mass is 32.2. The molecule has 1 saturated heterocycles. The van der Waals surface area contributed by atoms with Gasteiger partial charge in [0.05, 0.1) is 23.9 Å². The Hall–Kier alpha value is -3.64. The van der Waals surface area contributed by atoms with Crippen LogP contribution in [0.1, 0.15) is 50.1 Å². The van der Waals surface area contributed by atoms with Crippen LogP contribution in [-0.4, -0.2) is 22.2 Å². The standard InChI is InChI=1S/C29H29N3O2S/c1-21(17-22-9-6-5-7-10-22)18-26-27(33)32(20-25-11-8-16-34-25)28(35-26)31-30-19-23-12-14-24(15-13-23)29(2,3)4/h5-19H,20H2,1-4H3/b21-17+,26-18-,30-19-,31-28+. The molecule has 3 aromatic rings. The van der Waals surface area contributed by atoms with Gasteiger partial charge in [-0.3, -0.25) is 9.69 Å². The summed E-state index contributed by atoms with van der Waals surface area (Å²) in [6, 6.07) is 22.0. The number of thioether (sulfide) groups is 1. The van der Waals surface area contributed by atoms with E-state index < -0.39 is 0 Å². The lowest BCUT2D eigenvalue weighted by atomic mass is 9.87. The first-order chi connectivity index (χ1) is 16.8. The number of carbonyl (C=O) groups excluding carboxylic acids is 1. The number of amides is 1. The summed E-state index contributed by atoms with van der Waals surface area (Å²) in [5.41, 5.74) is 4.37. The van der Waals surface area contributed by atoms with Crippen LogP contribution in [0.4, 0.5) is 0 Å². The number of furan rings is 1. The minimum atomic E-state index is -0.115. The first kappa shape index (κ1) is 24.5. The minimum absolute atomic E-state index is 0.0962. The molecule has 0 saturated carbocycles. The van der Waals surface area contributed by atoms with Gasteiger partial charge in [0.2, 0.25) is 0 Å². The molecule has 0 radical (unpaired) electrons. The molecule has 2 aromatic carbocycles. The smallest absolute Gasteiger partial charge is 0.267 e. The van der Waals surface area contributed by atoms with Gasteiger partial charge in [0.25, 0.3) is 5.91 Å². The summed E-state index contributed by atoms with van der Waals surface area (Å²) in [6.07, 6.45) is 7.25. The number of hydrogen-bond acceptors (Lipinski definition) is 5. The van der Waals surface area contributed by atoms with E-state index in [1.165, 1.54) is 17.3 Å². The average molecular weight is 484 g/mol. The summed E-state index contributed by atoms with van der Waals surface area (Å²) in [4.78, 5) is 15.4. The third-order valence-corrected chi connectivity index (χ3v) is 6.46. The molecular weight excluding hydrogens is 454 g/mol. The predicted octanol–water partition coefficient (Wildman–Crippen LogP) is 7.03. The van der Waals surface area contributed by atoms with Crippen molar-refractivity contribution in [2.45, 2.75) is 39.7 Å². The van der Waals surface area contributed by atoms with Crippen LogP contribution in [-0.2, 0) is 16.8 Å². The first-order valence-electron chi connectivity index (χ1n) is 11.5. The molecule has 1 aliphatic rings. The van der Waals surface area contributed by atoms with Gasteiger partial charge >= 0.3 is 0 Å². The number of allylic oxidation sites excluding steroid dienone is 2. The second kappa shape index (κ2) is 10.7. The zero-order valence-electron chi connectivity index (χ0n) is 20.4. The van der Waals surface area contributed by atoms with Gasteiger partial charge in [-0.15, -0.1) is 5.10 Å². The average Bonchev–Trinajstić information content (AvgIpc) is 3.44. The van der Waals surface area contributed by atoms with Crippen LogP contribution in [0.5, 0.6) is 0 Å². The Morgan fingerprint density at radius 1 is 1.00 bits per heavy atom. The molecule has 35 heavy (non-hydrogen) atoms. The lowest BCUT2D eigenvalue weighted by Gasteiger charge is -2.18. The molecule has 1 aromatic heterocycles. The Kier molecular flexibility index (Phi) is 7.51. The van der Waals surface area contributed by atoms with Gasteiger partial charge in [0.15, 0.2) is 5.17 Å². The zero-order valence-corrected chi connectivity index (χ0v) is 21.3. The molecule has 4 rings (SSSR count). The summed E-state index contributed by atoms with van der Waals surface area (Å²) >= 11 is 1.32. The molecule has 178 valence electrons. The monoisotopic (exact) mass is 483 g/mol. The molecule has 6 heteroatoms. The number of carbonyl (C=O) groups is 1. The van der Waals surface area contributed by atoms with Crippen LogP contribution >= 0.6 is 11.8 Å². The molecule has 2 heterocycles. The Morgan fingerprint density at radius 2 is 1.74 bits per heavy atom. The Bertz CT molecular complexity index is 1280. The number of amidine groups is 1. The highest BCUT2D eigenvalue weighted by Gasteiger charge is 2.34. The van der Waals surface area contributed by atoms with Crippen molar-refractivity contribution in [2.24, 2.45) is 10.2 Å². The van der Waals surface area contributed by atoms with Crippen molar-refractivity contribution in [3.05, 3.63) is 112 Å². The van der Waals surface area contributed by atoms with E-state index in [2.05, 4.69) is 43.1 Å². The van der Waals surface area contributed by atoms with Crippen molar-refractivity contribution in [1.29, 1.82) is 0 Å². The minimum Gasteiger partial charge on any atom is -0.467 e. The molecular formula is C29H29N3O2S. The lowest BCUT2D eigenvalue weighted by molar-refractivity contribution is -0.122. The molecule has 0 unspecified atom stereocenters. The van der Waals surface area contributed by atoms with E-state index in [0.717, 1.165) is 16.7 Å². The molecule has 0 spiro atoms. The van der Waals surface area contributed by atoms with Crippen molar-refractivity contribution < 1.29 is 9.21 Å². The van der Waals surface area contributed by atoms with E-state index in [0.29, 0.717) is 22.4 Å². The van der Waals surface area contributed by atoms with Gasteiger partial charge in [-0.25, -0.2) is 0 Å². The number of nitrogens with zero attached hydrogens (tertiary/aromatic N) is 3. The molecule has 0 bridgehead atoms. The van der Waals surface area contributed by atoms with Crippen LogP contribution in [0.15, 0.2) is 104 Å². The molecule has 1 amide bonds. The van der Waals surface area contributed by atoms with Crippen LogP contribution in [0.2, 0.25) is 0 Å². The second-order valence-electron chi connectivity index (χ2n) is 9.38. The van der Waals surface area contributed by atoms with Crippen LogP contribution in [0.25, 0.3) is 6.08 Å². The summed E-state index contributed by atoms with van der Waals surface area (Å²) < 4.78 is 5.47. The van der Waals surface area contributed by atoms with Crippen LogP contribution in [0.3, 0.4) is 0 Å². The number of rotatable bonds is 6. The summed E-state index contributed by atoms with van der Waals surface area (Å²) in [7, 11) is 0. The maximum atomic E-state index is 13.2. The third kappa shape index (κ3) is 6.49. The first-order valence-corrected chi connectivity index (χ1v) is 12.3. The van der Waals surface area contributed by atoms with Crippen molar-refractivity contribution >= 4 is 35.1 Å². The van der Waals surface area contributed by atoms with Gasteiger partial charge in [0.1, 0.15) is 5.76 Å². The topological polar surface area (TPSA) is 58.2 Å². The SMILES string of the molecule is CC(/C=C1\S/C(=N/N=C\c2ccc(C(C)(C)C)cc2)N(Cc2ccco2)C1=O)=C\c1ccccc1. The van der Waals surface area contributed by atoms with Gasteiger partial charge in [-0.2, -0.15) is 5.10 Å². The van der Waals surface area contributed by atoms with E-state index in [4.69, 9.17) is 4.42 Å². The Balaban J connectivity index is 1.57. The van der Waals surface area contributed by atoms with Gasteiger partial charge < -0.3 is 4.42 Å². The molecule has 0 aliphatic carbocycles. The van der Waals surface area contributed by atoms with Crippen molar-refractivity contribution in [2.75, 3.05) is 0 Å². The van der Waals surface area contributed by atoms with Gasteiger partial charge in [0, 0.05) is 0 Å². The fourth-order valence-electron chi connectivity index (χ4n) is 3.56. The molecule has 1 fully saturated rings. The zero-order chi connectivity index (χ0) is 24.8. The highest BCUT2D eigenvalue weighted by Crippen LogP contribution is 2.33. The summed E-state index contributed by atoms with van der Waals surface area (Å²) in [6.45, 7) is 8.84. The van der Waals surface area contributed by atoms with E-state index in [9.17, 15) is 4.79 Å². The van der Waals surface area contributed by atoms with Crippen LogP contribution in [0, 0.1) is 0 Å². The second-order valence-corrected chi connectivity index (χ2v) is 10.4. The molecule has 5 nitrogen and oxygen atoms in total. The molecule has 0 N–H and O–H groups in total. The highest BCUT2D eigenvalue weighted by molar-refractivity contribution is 8.18. The summed E-state index contributed by atoms with van der Waals surface area (Å²) in [5.74, 6) is 0.571. The number of hydrogen-bond donors (Lipinski definition) is 0. The normalized spacial score (nSPS) is 17.3. The third-order valence-electron chi connectivity index (χ3n) is 5.46. The van der Waals surface area contributed by atoms with E-state index in [1.54, 1.807) is 17.4 Å². The van der Waals surface area contributed by atoms with E-state index in [-0.39, 0.29) is 11.3 Å². The van der Waals surface area contributed by atoms with Crippen molar-refractivity contribution in [1.82, 2.24) is 4.90 Å².